The normalized spacial score (nSPS) is 18.5. The third-order valence-electron chi connectivity index (χ3n) is 3.63. The Morgan fingerprint density at radius 3 is 3.32 bits per heavy atom. The summed E-state index contributed by atoms with van der Waals surface area (Å²) in [6, 6.07) is 2.94. The SMILES string of the molecule is Ic1cc2c(s1)CCCC2NCCCn1ccnc1. The zero-order chi connectivity index (χ0) is 13.1. The van der Waals surface area contributed by atoms with E-state index in [1.807, 2.05) is 30.1 Å². The summed E-state index contributed by atoms with van der Waals surface area (Å²) in [6.45, 7) is 2.13. The largest absolute Gasteiger partial charge is 0.337 e. The van der Waals surface area contributed by atoms with Crippen molar-refractivity contribution in [2.24, 2.45) is 0 Å². The van der Waals surface area contributed by atoms with Crippen molar-refractivity contribution in [1.82, 2.24) is 14.9 Å². The Labute approximate surface area is 131 Å². The van der Waals surface area contributed by atoms with E-state index in [1.165, 1.54) is 22.1 Å². The number of aromatic nitrogens is 2. The molecule has 2 aromatic rings. The molecule has 1 N–H and O–H groups in total. The average Bonchev–Trinajstić information content (AvgIpc) is 3.02. The van der Waals surface area contributed by atoms with Crippen LogP contribution < -0.4 is 5.32 Å². The molecule has 0 bridgehead atoms. The molecule has 0 fully saturated rings. The molecular weight excluding hydrogens is 369 g/mol. The van der Waals surface area contributed by atoms with Crippen molar-refractivity contribution in [2.45, 2.75) is 38.3 Å². The van der Waals surface area contributed by atoms with Crippen molar-refractivity contribution in [3.8, 4) is 0 Å². The fraction of sp³-hybridized carbons (Fsp3) is 0.500. The van der Waals surface area contributed by atoms with Gasteiger partial charge in [0.1, 0.15) is 0 Å². The summed E-state index contributed by atoms with van der Waals surface area (Å²) in [5.41, 5.74) is 1.56. The molecule has 0 amide bonds. The number of aryl methyl sites for hydroxylation is 2. The molecule has 1 aliphatic carbocycles. The number of fused-ring (bicyclic) bond motifs is 1. The Kier molecular flexibility index (Phi) is 4.55. The van der Waals surface area contributed by atoms with Crippen LogP contribution in [0.5, 0.6) is 0 Å². The number of nitrogens with one attached hydrogen (secondary N) is 1. The van der Waals surface area contributed by atoms with E-state index < -0.39 is 0 Å². The molecule has 0 aromatic carbocycles. The molecular formula is C14H18IN3S. The highest BCUT2D eigenvalue weighted by atomic mass is 127. The zero-order valence-corrected chi connectivity index (χ0v) is 13.8. The molecule has 3 nitrogen and oxygen atoms in total. The van der Waals surface area contributed by atoms with Crippen LogP contribution in [0, 0.1) is 2.88 Å². The predicted molar refractivity (Wildman–Crippen MR) is 87.6 cm³/mol. The van der Waals surface area contributed by atoms with E-state index in [0.717, 1.165) is 19.5 Å². The van der Waals surface area contributed by atoms with E-state index in [4.69, 9.17) is 0 Å². The van der Waals surface area contributed by atoms with Gasteiger partial charge in [0.2, 0.25) is 0 Å². The lowest BCUT2D eigenvalue weighted by molar-refractivity contribution is 0.449. The van der Waals surface area contributed by atoms with Gasteiger partial charge in [-0.2, -0.15) is 0 Å². The van der Waals surface area contributed by atoms with Crippen LogP contribution in [0.3, 0.4) is 0 Å². The molecule has 0 radical (unpaired) electrons. The molecule has 2 heterocycles. The molecule has 2 aromatic heterocycles. The van der Waals surface area contributed by atoms with Crippen LogP contribution in [0.25, 0.3) is 0 Å². The Hall–Kier alpha value is -0.400. The maximum absolute atomic E-state index is 4.07. The minimum Gasteiger partial charge on any atom is -0.337 e. The van der Waals surface area contributed by atoms with Crippen LogP contribution in [0.4, 0.5) is 0 Å². The molecule has 0 aliphatic heterocycles. The number of halogens is 1. The summed E-state index contributed by atoms with van der Waals surface area (Å²) in [7, 11) is 0. The van der Waals surface area contributed by atoms with E-state index in [0.29, 0.717) is 6.04 Å². The van der Waals surface area contributed by atoms with E-state index in [9.17, 15) is 0 Å². The molecule has 3 rings (SSSR count). The second-order valence-corrected chi connectivity index (χ2v) is 8.01. The second kappa shape index (κ2) is 6.37. The number of nitrogens with zero attached hydrogens (tertiary/aromatic N) is 2. The Bertz CT molecular complexity index is 521. The Balaban J connectivity index is 1.50. The van der Waals surface area contributed by atoms with Crippen molar-refractivity contribution in [1.29, 1.82) is 0 Å². The van der Waals surface area contributed by atoms with Gasteiger partial charge in [0.05, 0.1) is 9.21 Å². The highest BCUT2D eigenvalue weighted by Gasteiger charge is 2.21. The maximum atomic E-state index is 4.07. The molecule has 1 unspecified atom stereocenters. The van der Waals surface area contributed by atoms with Gasteiger partial charge in [-0.25, -0.2) is 4.98 Å². The van der Waals surface area contributed by atoms with Gasteiger partial charge in [-0.05, 0) is 66.4 Å². The van der Waals surface area contributed by atoms with E-state index in [-0.39, 0.29) is 0 Å². The van der Waals surface area contributed by atoms with Gasteiger partial charge in [0.15, 0.2) is 0 Å². The fourth-order valence-corrected chi connectivity index (χ4v) is 4.81. The van der Waals surface area contributed by atoms with Gasteiger partial charge in [0, 0.05) is 29.9 Å². The summed E-state index contributed by atoms with van der Waals surface area (Å²) in [4.78, 5) is 5.67. The minimum absolute atomic E-state index is 0.575. The standard InChI is InChI=1S/C14H18IN3S/c15-14-9-11-12(3-1-4-13(11)19-14)17-5-2-7-18-8-6-16-10-18/h6,8-10,12,17H,1-5,7H2. The zero-order valence-electron chi connectivity index (χ0n) is 10.8. The van der Waals surface area contributed by atoms with Gasteiger partial charge < -0.3 is 9.88 Å². The van der Waals surface area contributed by atoms with Crippen molar-refractivity contribution in [3.05, 3.63) is 38.1 Å². The number of imidazole rings is 1. The number of thiophene rings is 1. The van der Waals surface area contributed by atoms with Crippen LogP contribution in [0.2, 0.25) is 0 Å². The van der Waals surface area contributed by atoms with Crippen LogP contribution >= 0.6 is 33.9 Å². The summed E-state index contributed by atoms with van der Waals surface area (Å²) in [6.07, 6.45) is 10.8. The Morgan fingerprint density at radius 1 is 1.53 bits per heavy atom. The summed E-state index contributed by atoms with van der Waals surface area (Å²) in [5.74, 6) is 0. The summed E-state index contributed by atoms with van der Waals surface area (Å²) >= 11 is 4.41. The molecule has 1 atom stereocenters. The van der Waals surface area contributed by atoms with E-state index >= 15 is 0 Å². The highest BCUT2D eigenvalue weighted by Crippen LogP contribution is 2.36. The number of hydrogen-bond donors (Lipinski definition) is 1. The van der Waals surface area contributed by atoms with E-state index in [2.05, 4.69) is 43.5 Å². The van der Waals surface area contributed by atoms with Gasteiger partial charge in [0.25, 0.3) is 0 Å². The molecule has 0 saturated heterocycles. The van der Waals surface area contributed by atoms with Gasteiger partial charge >= 0.3 is 0 Å². The first-order valence-electron chi connectivity index (χ1n) is 6.80. The summed E-state index contributed by atoms with van der Waals surface area (Å²) < 4.78 is 3.57. The quantitative estimate of drug-likeness (QED) is 0.628. The van der Waals surface area contributed by atoms with Gasteiger partial charge in [-0.1, -0.05) is 0 Å². The van der Waals surface area contributed by atoms with Crippen molar-refractivity contribution < 1.29 is 0 Å². The number of hydrogen-bond acceptors (Lipinski definition) is 3. The second-order valence-electron chi connectivity index (χ2n) is 4.98. The first kappa shape index (κ1) is 13.6. The smallest absolute Gasteiger partial charge is 0.0945 e. The lowest BCUT2D eigenvalue weighted by Crippen LogP contribution is -2.25. The first-order valence-corrected chi connectivity index (χ1v) is 8.69. The molecule has 102 valence electrons. The third-order valence-corrected chi connectivity index (χ3v) is 5.60. The maximum Gasteiger partial charge on any atom is 0.0945 e. The molecule has 0 saturated carbocycles. The lowest BCUT2D eigenvalue weighted by Gasteiger charge is -2.23. The fourth-order valence-electron chi connectivity index (χ4n) is 2.69. The van der Waals surface area contributed by atoms with Crippen molar-refractivity contribution >= 4 is 33.9 Å². The lowest BCUT2D eigenvalue weighted by atomic mass is 9.94. The number of rotatable bonds is 5. The molecule has 5 heteroatoms. The predicted octanol–water partition coefficient (Wildman–Crippen LogP) is 3.61. The highest BCUT2D eigenvalue weighted by molar-refractivity contribution is 14.1. The third kappa shape index (κ3) is 3.38. The topological polar surface area (TPSA) is 29.9 Å². The van der Waals surface area contributed by atoms with Gasteiger partial charge in [-0.15, -0.1) is 11.3 Å². The minimum atomic E-state index is 0.575. The average molecular weight is 387 g/mol. The van der Waals surface area contributed by atoms with Crippen LogP contribution in [0.1, 0.15) is 35.7 Å². The van der Waals surface area contributed by atoms with E-state index in [1.54, 1.807) is 10.4 Å². The summed E-state index contributed by atoms with van der Waals surface area (Å²) in [5, 5.41) is 3.72. The first-order chi connectivity index (χ1) is 9.33. The molecule has 0 spiro atoms. The van der Waals surface area contributed by atoms with Crippen LogP contribution in [0.15, 0.2) is 24.8 Å². The molecule has 19 heavy (non-hydrogen) atoms. The molecule has 1 aliphatic rings. The monoisotopic (exact) mass is 387 g/mol. The Morgan fingerprint density at radius 2 is 2.47 bits per heavy atom. The van der Waals surface area contributed by atoms with Crippen molar-refractivity contribution in [2.75, 3.05) is 6.54 Å². The van der Waals surface area contributed by atoms with Crippen molar-refractivity contribution in [3.63, 3.8) is 0 Å². The van der Waals surface area contributed by atoms with Crippen LogP contribution in [-0.4, -0.2) is 16.1 Å². The van der Waals surface area contributed by atoms with Crippen LogP contribution in [-0.2, 0) is 13.0 Å². The van der Waals surface area contributed by atoms with Gasteiger partial charge in [-0.3, -0.25) is 0 Å².